The van der Waals surface area contributed by atoms with E-state index >= 15 is 0 Å². The van der Waals surface area contributed by atoms with Crippen molar-refractivity contribution in [2.45, 2.75) is 52.3 Å². The van der Waals surface area contributed by atoms with Gasteiger partial charge in [0.15, 0.2) is 0 Å². The summed E-state index contributed by atoms with van der Waals surface area (Å²) in [6.07, 6.45) is 0. The third-order valence-corrected chi connectivity index (χ3v) is 6.99. The quantitative estimate of drug-likeness (QED) is 0.806. The van der Waals surface area contributed by atoms with Crippen LogP contribution in [0, 0.1) is 18.3 Å². The Bertz CT molecular complexity index is 557. The lowest BCUT2D eigenvalue weighted by Gasteiger charge is -2.27. The van der Waals surface area contributed by atoms with Crippen LogP contribution in [-0.2, 0) is 16.6 Å². The Kier molecular flexibility index (Phi) is 6.40. The number of thiophene rings is 1. The van der Waals surface area contributed by atoms with Gasteiger partial charge in [0.1, 0.15) is 4.21 Å². The normalized spacial score (nSPS) is 14.4. The van der Waals surface area contributed by atoms with Crippen LogP contribution in [-0.4, -0.2) is 21.5 Å². The van der Waals surface area contributed by atoms with Crippen LogP contribution in [0.15, 0.2) is 10.3 Å². The van der Waals surface area contributed by atoms with E-state index in [9.17, 15) is 8.42 Å². The smallest absolute Gasteiger partial charge is 0.250 e. The van der Waals surface area contributed by atoms with Gasteiger partial charge >= 0.3 is 0 Å². The van der Waals surface area contributed by atoms with Crippen LogP contribution in [0.4, 0.5) is 0 Å². The molecule has 0 aliphatic carbocycles. The Labute approximate surface area is 133 Å². The number of sulfonamides is 1. The van der Waals surface area contributed by atoms with Crippen molar-refractivity contribution in [3.8, 4) is 0 Å². The molecule has 0 aliphatic heterocycles. The average Bonchev–Trinajstić information content (AvgIpc) is 2.74. The number of hydrogen-bond donors (Lipinski definition) is 2. The first-order chi connectivity index (χ1) is 9.58. The minimum absolute atomic E-state index is 0.0874. The van der Waals surface area contributed by atoms with Gasteiger partial charge < -0.3 is 5.32 Å². The molecule has 0 saturated heterocycles. The summed E-state index contributed by atoms with van der Waals surface area (Å²) in [5.41, 5.74) is 1.12. The highest BCUT2D eigenvalue weighted by molar-refractivity contribution is 7.91. The summed E-state index contributed by atoms with van der Waals surface area (Å²) in [4.78, 5) is 1.08. The van der Waals surface area contributed by atoms with E-state index in [2.05, 4.69) is 37.7 Å². The molecule has 6 heteroatoms. The van der Waals surface area contributed by atoms with Crippen LogP contribution in [0.5, 0.6) is 0 Å². The van der Waals surface area contributed by atoms with Crippen molar-refractivity contribution >= 4 is 21.4 Å². The van der Waals surface area contributed by atoms with E-state index in [1.165, 1.54) is 11.3 Å². The molecule has 0 amide bonds. The molecule has 1 heterocycles. The first kappa shape index (κ1) is 18.6. The summed E-state index contributed by atoms with van der Waals surface area (Å²) in [5, 5.41) is 3.24. The Morgan fingerprint density at radius 3 is 2.48 bits per heavy atom. The van der Waals surface area contributed by atoms with Gasteiger partial charge in [0.2, 0.25) is 10.0 Å². The highest BCUT2D eigenvalue weighted by Gasteiger charge is 2.24. The van der Waals surface area contributed by atoms with E-state index < -0.39 is 10.0 Å². The first-order valence-electron chi connectivity index (χ1n) is 7.37. The second-order valence-corrected chi connectivity index (χ2v) is 9.70. The highest BCUT2D eigenvalue weighted by atomic mass is 32.2. The predicted molar refractivity (Wildman–Crippen MR) is 90.2 cm³/mol. The minimum Gasteiger partial charge on any atom is -0.312 e. The maximum absolute atomic E-state index is 12.4. The van der Waals surface area contributed by atoms with Crippen LogP contribution in [0.25, 0.3) is 0 Å². The van der Waals surface area contributed by atoms with E-state index in [0.717, 1.165) is 23.5 Å². The van der Waals surface area contributed by atoms with Crippen LogP contribution in [0.3, 0.4) is 0 Å². The molecule has 0 aliphatic rings. The second-order valence-electron chi connectivity index (χ2n) is 6.57. The molecule has 0 radical (unpaired) electrons. The number of aryl methyl sites for hydroxylation is 1. The van der Waals surface area contributed by atoms with Crippen LogP contribution in [0.1, 0.15) is 45.1 Å². The predicted octanol–water partition coefficient (Wildman–Crippen LogP) is 3.13. The van der Waals surface area contributed by atoms with Gasteiger partial charge in [0.05, 0.1) is 0 Å². The van der Waals surface area contributed by atoms with Crippen molar-refractivity contribution in [2.24, 2.45) is 11.3 Å². The number of rotatable bonds is 7. The summed E-state index contributed by atoms with van der Waals surface area (Å²) in [7, 11) is -3.40. The third kappa shape index (κ3) is 5.36. The molecule has 2 N–H and O–H groups in total. The zero-order valence-corrected chi connectivity index (χ0v) is 15.5. The lowest BCUT2D eigenvalue weighted by atomic mass is 9.82. The molecule has 21 heavy (non-hydrogen) atoms. The Balaban J connectivity index is 2.79. The fourth-order valence-corrected chi connectivity index (χ4v) is 4.38. The molecular formula is C15H28N2O2S2. The maximum Gasteiger partial charge on any atom is 0.250 e. The van der Waals surface area contributed by atoms with Crippen molar-refractivity contribution in [3.05, 3.63) is 16.5 Å². The van der Waals surface area contributed by atoms with Gasteiger partial charge in [-0.1, -0.05) is 34.6 Å². The molecule has 122 valence electrons. The zero-order valence-electron chi connectivity index (χ0n) is 13.9. The average molecular weight is 333 g/mol. The summed E-state index contributed by atoms with van der Waals surface area (Å²) in [6.45, 7) is 14.5. The largest absolute Gasteiger partial charge is 0.312 e. The molecular weight excluding hydrogens is 304 g/mol. The van der Waals surface area contributed by atoms with E-state index in [0.29, 0.717) is 10.8 Å². The molecule has 4 nitrogen and oxygen atoms in total. The van der Waals surface area contributed by atoms with E-state index in [1.807, 2.05) is 13.8 Å². The molecule has 0 fully saturated rings. The standard InChI is InChI=1S/C15H28N2O2S2/c1-7-16-10-13-11(2)8-14(20-13)21(18,19)17-9-12(3)15(4,5)6/h8,12,16-17H,7,9-10H2,1-6H3. The second kappa shape index (κ2) is 7.22. The summed E-state index contributed by atoms with van der Waals surface area (Å²) < 4.78 is 27.9. The Morgan fingerprint density at radius 1 is 1.33 bits per heavy atom. The third-order valence-electron chi connectivity index (χ3n) is 3.86. The van der Waals surface area contributed by atoms with Gasteiger partial charge in [0.25, 0.3) is 0 Å². The molecule has 1 aromatic rings. The molecule has 1 atom stereocenters. The van der Waals surface area contributed by atoms with Gasteiger partial charge in [-0.25, -0.2) is 13.1 Å². The van der Waals surface area contributed by atoms with E-state index in [-0.39, 0.29) is 11.3 Å². The monoisotopic (exact) mass is 332 g/mol. The maximum atomic E-state index is 12.4. The molecule has 0 aromatic carbocycles. The molecule has 0 spiro atoms. The van der Waals surface area contributed by atoms with E-state index in [1.54, 1.807) is 6.07 Å². The zero-order chi connectivity index (χ0) is 16.3. The fraction of sp³-hybridized carbons (Fsp3) is 0.733. The van der Waals surface area contributed by atoms with Crippen molar-refractivity contribution in [1.82, 2.24) is 10.0 Å². The summed E-state index contributed by atoms with van der Waals surface area (Å²) in [5.74, 6) is 0.273. The van der Waals surface area contributed by atoms with Crippen molar-refractivity contribution in [2.75, 3.05) is 13.1 Å². The first-order valence-corrected chi connectivity index (χ1v) is 9.67. The van der Waals surface area contributed by atoms with Crippen LogP contribution in [0.2, 0.25) is 0 Å². The van der Waals surface area contributed by atoms with Crippen molar-refractivity contribution in [1.29, 1.82) is 0 Å². The molecule has 1 unspecified atom stereocenters. The van der Waals surface area contributed by atoms with Crippen LogP contribution < -0.4 is 10.0 Å². The minimum atomic E-state index is -3.40. The molecule has 1 aromatic heterocycles. The van der Waals surface area contributed by atoms with E-state index in [4.69, 9.17) is 0 Å². The molecule has 0 saturated carbocycles. The Hall–Kier alpha value is -0.430. The van der Waals surface area contributed by atoms with Gasteiger partial charge in [-0.3, -0.25) is 0 Å². The Morgan fingerprint density at radius 2 is 1.95 bits per heavy atom. The lowest BCUT2D eigenvalue weighted by Crippen LogP contribution is -2.33. The number of hydrogen-bond acceptors (Lipinski definition) is 4. The van der Waals surface area contributed by atoms with Gasteiger partial charge in [-0.05, 0) is 36.4 Å². The topological polar surface area (TPSA) is 58.2 Å². The fourth-order valence-electron chi connectivity index (χ4n) is 1.65. The highest BCUT2D eigenvalue weighted by Crippen LogP contribution is 2.28. The number of nitrogens with one attached hydrogen (secondary N) is 2. The summed E-state index contributed by atoms with van der Waals surface area (Å²) in [6, 6.07) is 1.77. The van der Waals surface area contributed by atoms with Gasteiger partial charge in [-0.2, -0.15) is 0 Å². The molecule has 1 rings (SSSR count). The van der Waals surface area contributed by atoms with Gasteiger partial charge in [0, 0.05) is 18.0 Å². The van der Waals surface area contributed by atoms with Crippen molar-refractivity contribution in [3.63, 3.8) is 0 Å². The van der Waals surface area contributed by atoms with Crippen LogP contribution >= 0.6 is 11.3 Å². The van der Waals surface area contributed by atoms with Gasteiger partial charge in [-0.15, -0.1) is 11.3 Å². The lowest BCUT2D eigenvalue weighted by molar-refractivity contribution is 0.263. The van der Waals surface area contributed by atoms with Crippen molar-refractivity contribution < 1.29 is 8.42 Å². The SMILES string of the molecule is CCNCc1sc(S(=O)(=O)NCC(C)C(C)(C)C)cc1C. The molecule has 0 bridgehead atoms. The summed E-state index contributed by atoms with van der Waals surface area (Å²) >= 11 is 1.35.